The van der Waals surface area contributed by atoms with Gasteiger partial charge in [-0.2, -0.15) is 5.10 Å². The van der Waals surface area contributed by atoms with Gasteiger partial charge in [0, 0.05) is 0 Å². The largest absolute Gasteiger partial charge is 0.465 e. The number of rotatable bonds is 3. The molecule has 2 aromatic rings. The molecule has 0 spiro atoms. The normalized spacial score (nSPS) is 13.0. The van der Waals surface area contributed by atoms with Gasteiger partial charge < -0.3 is 10.4 Å². The molecule has 0 aliphatic heterocycles. The summed E-state index contributed by atoms with van der Waals surface area (Å²) in [6, 6.07) is 2.29. The Morgan fingerprint density at radius 2 is 2.05 bits per heavy atom. The highest BCUT2D eigenvalue weighted by Crippen LogP contribution is 2.32. The third-order valence-corrected chi connectivity index (χ3v) is 3.08. The van der Waals surface area contributed by atoms with Gasteiger partial charge in [0.05, 0.1) is 11.6 Å². The molecule has 6 nitrogen and oxygen atoms in total. The minimum absolute atomic E-state index is 0.0339. The van der Waals surface area contributed by atoms with Crippen molar-refractivity contribution in [1.29, 1.82) is 0 Å². The van der Waals surface area contributed by atoms with Crippen LogP contribution in [0.3, 0.4) is 0 Å². The Labute approximate surface area is 125 Å². The molecule has 1 aromatic heterocycles. The molecule has 1 aromatic carbocycles. The number of carbonyl (C=O) groups is 1. The lowest BCUT2D eigenvalue weighted by atomic mass is 9.86. The number of nitrogens with zero attached hydrogens (tertiary/aromatic N) is 2. The Bertz CT molecular complexity index is 694. The summed E-state index contributed by atoms with van der Waals surface area (Å²) in [5, 5.41) is 17.7. The molecule has 22 heavy (non-hydrogen) atoms. The van der Waals surface area contributed by atoms with Crippen molar-refractivity contribution in [3.8, 4) is 11.4 Å². The molecule has 0 unspecified atom stereocenters. The van der Waals surface area contributed by atoms with Crippen molar-refractivity contribution >= 4 is 6.09 Å². The summed E-state index contributed by atoms with van der Waals surface area (Å²) in [5.41, 5.74) is -0.583. The van der Waals surface area contributed by atoms with Gasteiger partial charge in [-0.05, 0) is 23.6 Å². The maximum Gasteiger partial charge on any atom is 0.405 e. The topological polar surface area (TPSA) is 90.9 Å². The highest BCUT2D eigenvalue weighted by molar-refractivity contribution is 5.65. The van der Waals surface area contributed by atoms with Crippen LogP contribution >= 0.6 is 0 Å². The zero-order chi connectivity index (χ0) is 16.5. The number of hydrogen-bond acceptors (Lipinski definition) is 3. The van der Waals surface area contributed by atoms with Crippen LogP contribution in [0.2, 0.25) is 0 Å². The van der Waals surface area contributed by atoms with E-state index < -0.39 is 29.2 Å². The van der Waals surface area contributed by atoms with E-state index in [0.29, 0.717) is 0 Å². The van der Waals surface area contributed by atoms with Crippen LogP contribution in [0.1, 0.15) is 32.6 Å². The predicted octanol–water partition coefficient (Wildman–Crippen LogP) is 3.10. The summed E-state index contributed by atoms with van der Waals surface area (Å²) in [6.45, 7) is 5.45. The molecular weight excluding hydrogens is 294 g/mol. The Kier molecular flexibility index (Phi) is 4.11. The van der Waals surface area contributed by atoms with Crippen molar-refractivity contribution in [3.05, 3.63) is 35.7 Å². The number of carboxylic acid groups (broad SMARTS) is 1. The average molecular weight is 310 g/mol. The van der Waals surface area contributed by atoms with Gasteiger partial charge in [-0.3, -0.25) is 5.10 Å². The van der Waals surface area contributed by atoms with Crippen molar-refractivity contribution in [3.63, 3.8) is 0 Å². The summed E-state index contributed by atoms with van der Waals surface area (Å²) in [5.74, 6) is -1.08. The summed E-state index contributed by atoms with van der Waals surface area (Å²) in [7, 11) is 0. The second-order valence-electron chi connectivity index (χ2n) is 5.92. The van der Waals surface area contributed by atoms with E-state index in [2.05, 4.69) is 20.5 Å². The number of hydrogen-bond donors (Lipinski definition) is 3. The summed E-state index contributed by atoms with van der Waals surface area (Å²) in [4.78, 5) is 15.0. The first-order chi connectivity index (χ1) is 10.2. The predicted molar refractivity (Wildman–Crippen MR) is 75.1 cm³/mol. The second-order valence-corrected chi connectivity index (χ2v) is 5.92. The first-order valence-electron chi connectivity index (χ1n) is 6.55. The van der Waals surface area contributed by atoms with Crippen LogP contribution in [0.15, 0.2) is 18.2 Å². The summed E-state index contributed by atoms with van der Waals surface area (Å²) >= 11 is 0. The van der Waals surface area contributed by atoms with Gasteiger partial charge in [-0.15, -0.1) is 0 Å². The SMILES string of the molecule is CC(C)(C)[C@@H](NC(=O)O)c1nc(-c2cc(F)ccc2F)n[nH]1. The number of halogens is 2. The third kappa shape index (κ3) is 3.38. The van der Waals surface area contributed by atoms with E-state index in [0.717, 1.165) is 18.2 Å². The number of benzene rings is 1. The molecule has 0 saturated heterocycles. The minimum atomic E-state index is -1.21. The van der Waals surface area contributed by atoms with Crippen LogP contribution in [0.5, 0.6) is 0 Å². The lowest BCUT2D eigenvalue weighted by Gasteiger charge is -2.28. The monoisotopic (exact) mass is 310 g/mol. The molecular formula is C14H16F2N4O2. The fraction of sp³-hybridized carbons (Fsp3) is 0.357. The van der Waals surface area contributed by atoms with E-state index in [1.165, 1.54) is 0 Å². The minimum Gasteiger partial charge on any atom is -0.465 e. The van der Waals surface area contributed by atoms with Crippen molar-refractivity contribution in [2.75, 3.05) is 0 Å². The van der Waals surface area contributed by atoms with Gasteiger partial charge in [0.25, 0.3) is 0 Å². The van der Waals surface area contributed by atoms with Crippen molar-refractivity contribution in [2.24, 2.45) is 5.41 Å². The fourth-order valence-electron chi connectivity index (χ4n) is 2.01. The molecule has 118 valence electrons. The van der Waals surface area contributed by atoms with Gasteiger partial charge in [0.15, 0.2) is 5.82 Å². The van der Waals surface area contributed by atoms with Crippen LogP contribution in [0.4, 0.5) is 13.6 Å². The molecule has 3 N–H and O–H groups in total. The van der Waals surface area contributed by atoms with Crippen molar-refractivity contribution < 1.29 is 18.7 Å². The molecule has 0 bridgehead atoms. The van der Waals surface area contributed by atoms with Crippen molar-refractivity contribution in [1.82, 2.24) is 20.5 Å². The number of nitrogens with one attached hydrogen (secondary N) is 2. The first-order valence-corrected chi connectivity index (χ1v) is 6.55. The number of H-pyrrole nitrogens is 1. The Hall–Kier alpha value is -2.51. The molecule has 2 rings (SSSR count). The lowest BCUT2D eigenvalue weighted by Crippen LogP contribution is -2.36. The zero-order valence-corrected chi connectivity index (χ0v) is 12.3. The second kappa shape index (κ2) is 5.70. The third-order valence-electron chi connectivity index (χ3n) is 3.08. The van der Waals surface area contributed by atoms with Gasteiger partial charge in [0.1, 0.15) is 17.5 Å². The Morgan fingerprint density at radius 3 is 2.64 bits per heavy atom. The van der Waals surface area contributed by atoms with E-state index in [4.69, 9.17) is 5.11 Å². The maximum absolute atomic E-state index is 13.7. The maximum atomic E-state index is 13.7. The first kappa shape index (κ1) is 15.9. The Balaban J connectivity index is 2.41. The smallest absolute Gasteiger partial charge is 0.405 e. The molecule has 0 radical (unpaired) electrons. The number of aromatic amines is 1. The fourth-order valence-corrected chi connectivity index (χ4v) is 2.01. The molecule has 0 fully saturated rings. The highest BCUT2D eigenvalue weighted by atomic mass is 19.1. The van der Waals surface area contributed by atoms with Gasteiger partial charge >= 0.3 is 6.09 Å². The van der Waals surface area contributed by atoms with Crippen LogP contribution in [-0.4, -0.2) is 26.4 Å². The van der Waals surface area contributed by atoms with E-state index in [1.807, 2.05) is 20.8 Å². The van der Waals surface area contributed by atoms with E-state index in [9.17, 15) is 13.6 Å². The van der Waals surface area contributed by atoms with Gasteiger partial charge in [0.2, 0.25) is 0 Å². The molecule has 1 heterocycles. The lowest BCUT2D eigenvalue weighted by molar-refractivity contribution is 0.173. The van der Waals surface area contributed by atoms with Gasteiger partial charge in [-0.1, -0.05) is 20.8 Å². The average Bonchev–Trinajstić information content (AvgIpc) is 2.86. The molecule has 8 heteroatoms. The highest BCUT2D eigenvalue weighted by Gasteiger charge is 2.31. The van der Waals surface area contributed by atoms with E-state index >= 15 is 0 Å². The van der Waals surface area contributed by atoms with Crippen molar-refractivity contribution in [2.45, 2.75) is 26.8 Å². The zero-order valence-electron chi connectivity index (χ0n) is 12.3. The van der Waals surface area contributed by atoms with Gasteiger partial charge in [-0.25, -0.2) is 18.6 Å². The number of amides is 1. The van der Waals surface area contributed by atoms with Crippen LogP contribution in [-0.2, 0) is 0 Å². The number of aromatic nitrogens is 3. The Morgan fingerprint density at radius 1 is 1.36 bits per heavy atom. The quantitative estimate of drug-likeness (QED) is 0.812. The summed E-state index contributed by atoms with van der Waals surface area (Å²) in [6.07, 6.45) is -1.21. The molecule has 1 amide bonds. The molecule has 1 atom stereocenters. The van der Waals surface area contributed by atoms with Crippen LogP contribution in [0, 0.1) is 17.0 Å². The van der Waals surface area contributed by atoms with E-state index in [1.54, 1.807) is 0 Å². The molecule has 0 aliphatic carbocycles. The molecule has 0 saturated carbocycles. The van der Waals surface area contributed by atoms with Crippen LogP contribution in [0.25, 0.3) is 11.4 Å². The standard InChI is InChI=1S/C14H16F2N4O2/c1-14(2,3)10(17-13(21)22)12-18-11(19-20-12)8-6-7(15)4-5-9(8)16/h4-6,10,17H,1-3H3,(H,21,22)(H,18,19,20)/t10-/m0/s1. The van der Waals surface area contributed by atoms with Crippen LogP contribution < -0.4 is 5.32 Å². The summed E-state index contributed by atoms with van der Waals surface area (Å²) < 4.78 is 27.0. The van der Waals surface area contributed by atoms with E-state index in [-0.39, 0.29) is 17.2 Å². The molecule has 0 aliphatic rings.